The maximum atomic E-state index is 12.0. The largest absolute Gasteiger partial charge is 0.497 e. The molecule has 1 fully saturated rings. The Bertz CT molecular complexity index is 536. The molecule has 2 atom stereocenters. The van der Waals surface area contributed by atoms with E-state index in [1.54, 1.807) is 7.11 Å². The lowest BCUT2D eigenvalue weighted by atomic mass is 9.85. The van der Waals surface area contributed by atoms with E-state index in [0.29, 0.717) is 13.0 Å². The fraction of sp³-hybridized carbons (Fsp3) is 0.529. The van der Waals surface area contributed by atoms with E-state index in [1.807, 2.05) is 24.3 Å². The molecule has 4 N–H and O–H groups in total. The third-order valence-electron chi connectivity index (χ3n) is 4.16. The normalized spacial score (nSPS) is 19.8. The van der Waals surface area contributed by atoms with E-state index >= 15 is 0 Å². The van der Waals surface area contributed by atoms with Gasteiger partial charge in [-0.25, -0.2) is 0 Å². The first-order valence-corrected chi connectivity index (χ1v) is 8.01. The molecule has 6 nitrogen and oxygen atoms in total. The first-order valence-electron chi connectivity index (χ1n) is 8.01. The minimum absolute atomic E-state index is 0. The molecule has 1 aromatic rings. The lowest BCUT2D eigenvalue weighted by Crippen LogP contribution is -2.42. The second-order valence-corrected chi connectivity index (χ2v) is 5.97. The van der Waals surface area contributed by atoms with E-state index in [9.17, 15) is 9.59 Å². The van der Waals surface area contributed by atoms with Gasteiger partial charge in [0.2, 0.25) is 11.8 Å². The number of nitrogens with two attached hydrogens (primary N) is 1. The molecule has 2 amide bonds. The predicted molar refractivity (Wildman–Crippen MR) is 95.0 cm³/mol. The van der Waals surface area contributed by atoms with E-state index < -0.39 is 0 Å². The van der Waals surface area contributed by atoms with Crippen LogP contribution >= 0.6 is 12.4 Å². The van der Waals surface area contributed by atoms with Crippen molar-refractivity contribution in [1.29, 1.82) is 0 Å². The number of ether oxygens (including phenoxy) is 1. The number of hydrogen-bond acceptors (Lipinski definition) is 4. The van der Waals surface area contributed by atoms with Crippen LogP contribution in [0.5, 0.6) is 5.75 Å². The smallest absolute Gasteiger partial charge is 0.239 e. The number of carbonyl (C=O) groups is 2. The molecular weight excluding hydrogens is 330 g/mol. The van der Waals surface area contributed by atoms with Crippen molar-refractivity contribution in [1.82, 2.24) is 10.6 Å². The number of hydrogen-bond donors (Lipinski definition) is 3. The van der Waals surface area contributed by atoms with E-state index in [0.717, 1.165) is 30.6 Å². The number of halogens is 1. The Morgan fingerprint density at radius 1 is 1.21 bits per heavy atom. The molecule has 2 unspecified atom stereocenters. The summed E-state index contributed by atoms with van der Waals surface area (Å²) in [6, 6.07) is 7.57. The molecule has 2 rings (SSSR count). The van der Waals surface area contributed by atoms with Gasteiger partial charge in [0, 0.05) is 18.5 Å². The monoisotopic (exact) mass is 355 g/mol. The van der Waals surface area contributed by atoms with Crippen LogP contribution in [0.25, 0.3) is 0 Å². The fourth-order valence-electron chi connectivity index (χ4n) is 2.78. The number of methoxy groups -OCH3 is 1. The van der Waals surface area contributed by atoms with Gasteiger partial charge in [-0.3, -0.25) is 9.59 Å². The highest BCUT2D eigenvalue weighted by Crippen LogP contribution is 2.22. The van der Waals surface area contributed by atoms with Gasteiger partial charge < -0.3 is 21.1 Å². The zero-order chi connectivity index (χ0) is 16.7. The van der Waals surface area contributed by atoms with Gasteiger partial charge in [0.15, 0.2) is 0 Å². The van der Waals surface area contributed by atoms with Crippen molar-refractivity contribution in [3.8, 4) is 5.75 Å². The highest BCUT2D eigenvalue weighted by molar-refractivity contribution is 5.86. The van der Waals surface area contributed by atoms with Gasteiger partial charge in [-0.15, -0.1) is 12.4 Å². The Morgan fingerprint density at radius 3 is 2.54 bits per heavy atom. The minimum atomic E-state index is -0.200. The molecule has 0 radical (unpaired) electrons. The molecule has 7 heteroatoms. The Balaban J connectivity index is 0.00000288. The van der Waals surface area contributed by atoms with Crippen molar-refractivity contribution < 1.29 is 14.3 Å². The molecule has 134 valence electrons. The second kappa shape index (κ2) is 10.2. The van der Waals surface area contributed by atoms with E-state index in [-0.39, 0.29) is 42.7 Å². The molecule has 0 heterocycles. The van der Waals surface area contributed by atoms with Crippen molar-refractivity contribution in [2.45, 2.75) is 38.3 Å². The van der Waals surface area contributed by atoms with Crippen LogP contribution in [-0.2, 0) is 16.1 Å². The summed E-state index contributed by atoms with van der Waals surface area (Å²) in [5, 5.41) is 5.49. The summed E-state index contributed by atoms with van der Waals surface area (Å²) >= 11 is 0. The van der Waals surface area contributed by atoms with Crippen molar-refractivity contribution in [2.75, 3.05) is 13.7 Å². The van der Waals surface area contributed by atoms with Gasteiger partial charge in [-0.1, -0.05) is 18.6 Å². The lowest BCUT2D eigenvalue weighted by molar-refractivity contribution is -0.129. The van der Waals surface area contributed by atoms with Gasteiger partial charge in [0.05, 0.1) is 13.7 Å². The van der Waals surface area contributed by atoms with Crippen molar-refractivity contribution >= 4 is 24.2 Å². The summed E-state index contributed by atoms with van der Waals surface area (Å²) in [5.41, 5.74) is 6.86. The number of amides is 2. The molecular formula is C17H26ClN3O3. The molecule has 0 saturated heterocycles. The predicted octanol–water partition coefficient (Wildman–Crippen LogP) is 1.37. The zero-order valence-electron chi connectivity index (χ0n) is 13.9. The molecule has 0 aliphatic heterocycles. The average Bonchev–Trinajstić information content (AvgIpc) is 2.58. The molecule has 1 aliphatic rings. The van der Waals surface area contributed by atoms with Gasteiger partial charge >= 0.3 is 0 Å². The molecule has 0 bridgehead atoms. The van der Waals surface area contributed by atoms with Crippen LogP contribution in [0.15, 0.2) is 24.3 Å². The number of benzene rings is 1. The Morgan fingerprint density at radius 2 is 1.92 bits per heavy atom. The summed E-state index contributed by atoms with van der Waals surface area (Å²) in [6.45, 7) is 0.424. The van der Waals surface area contributed by atoms with Gasteiger partial charge in [0.1, 0.15) is 5.75 Å². The first-order chi connectivity index (χ1) is 11.1. The van der Waals surface area contributed by atoms with Crippen molar-refractivity contribution in [3.63, 3.8) is 0 Å². The number of rotatable bonds is 6. The van der Waals surface area contributed by atoms with Crippen LogP contribution < -0.4 is 21.1 Å². The SMILES string of the molecule is COc1ccc(CNC(=O)CNC(=O)C2CCCC(N)C2)cc1.Cl. The zero-order valence-corrected chi connectivity index (χ0v) is 14.7. The lowest BCUT2D eigenvalue weighted by Gasteiger charge is -2.25. The van der Waals surface area contributed by atoms with Crippen molar-refractivity contribution in [2.24, 2.45) is 11.7 Å². The van der Waals surface area contributed by atoms with E-state index in [2.05, 4.69) is 10.6 Å². The highest BCUT2D eigenvalue weighted by Gasteiger charge is 2.25. The van der Waals surface area contributed by atoms with Gasteiger partial charge in [-0.2, -0.15) is 0 Å². The van der Waals surface area contributed by atoms with Crippen LogP contribution in [0.3, 0.4) is 0 Å². The van der Waals surface area contributed by atoms with Crippen LogP contribution in [0, 0.1) is 5.92 Å². The summed E-state index contributed by atoms with van der Waals surface area (Å²) < 4.78 is 5.08. The Hall–Kier alpha value is -1.79. The molecule has 0 spiro atoms. The summed E-state index contributed by atoms with van der Waals surface area (Å²) in [5.74, 6) is 0.445. The van der Waals surface area contributed by atoms with Gasteiger partial charge in [-0.05, 0) is 37.0 Å². The second-order valence-electron chi connectivity index (χ2n) is 5.97. The van der Waals surface area contributed by atoms with E-state index in [1.165, 1.54) is 0 Å². The molecule has 1 saturated carbocycles. The Labute approximate surface area is 148 Å². The Kier molecular flexibility index (Phi) is 8.57. The maximum Gasteiger partial charge on any atom is 0.239 e. The van der Waals surface area contributed by atoms with Gasteiger partial charge in [0.25, 0.3) is 0 Å². The third kappa shape index (κ3) is 6.37. The molecule has 1 aromatic carbocycles. The van der Waals surface area contributed by atoms with Crippen LogP contribution in [-0.4, -0.2) is 31.5 Å². The topological polar surface area (TPSA) is 93.5 Å². The van der Waals surface area contributed by atoms with E-state index in [4.69, 9.17) is 10.5 Å². The number of nitrogens with one attached hydrogen (secondary N) is 2. The minimum Gasteiger partial charge on any atom is -0.497 e. The van der Waals surface area contributed by atoms with Crippen LogP contribution in [0.2, 0.25) is 0 Å². The molecule has 0 aromatic heterocycles. The molecule has 1 aliphatic carbocycles. The highest BCUT2D eigenvalue weighted by atomic mass is 35.5. The summed E-state index contributed by atoms with van der Waals surface area (Å²) in [6.07, 6.45) is 3.52. The average molecular weight is 356 g/mol. The first kappa shape index (κ1) is 20.3. The number of carbonyl (C=O) groups excluding carboxylic acids is 2. The molecule has 24 heavy (non-hydrogen) atoms. The third-order valence-corrected chi connectivity index (χ3v) is 4.16. The van der Waals surface area contributed by atoms with Crippen LogP contribution in [0.4, 0.5) is 0 Å². The van der Waals surface area contributed by atoms with Crippen LogP contribution in [0.1, 0.15) is 31.2 Å². The van der Waals surface area contributed by atoms with Crippen molar-refractivity contribution in [3.05, 3.63) is 29.8 Å². The quantitative estimate of drug-likeness (QED) is 0.718. The maximum absolute atomic E-state index is 12.0. The summed E-state index contributed by atoms with van der Waals surface area (Å²) in [4.78, 5) is 23.8. The standard InChI is InChI=1S/C17H25N3O3.ClH/c1-23-15-7-5-12(6-8-15)10-19-16(21)11-20-17(22)13-3-2-4-14(18)9-13;/h5-8,13-14H,2-4,9-11,18H2,1H3,(H,19,21)(H,20,22);1H. The summed E-state index contributed by atoms with van der Waals surface area (Å²) in [7, 11) is 1.61. The fourth-order valence-corrected chi connectivity index (χ4v) is 2.78.